The van der Waals surface area contributed by atoms with Crippen LogP contribution in [0.1, 0.15) is 31.1 Å². The summed E-state index contributed by atoms with van der Waals surface area (Å²) in [5.41, 5.74) is 2.12. The fourth-order valence-corrected chi connectivity index (χ4v) is 3.57. The van der Waals surface area contributed by atoms with Crippen molar-refractivity contribution < 1.29 is 14.0 Å². The van der Waals surface area contributed by atoms with Crippen molar-refractivity contribution in [2.45, 2.75) is 19.9 Å². The van der Waals surface area contributed by atoms with E-state index in [0.29, 0.717) is 10.8 Å². The Morgan fingerprint density at radius 3 is 2.48 bits per heavy atom. The number of carbonyl (C=O) groups is 2. The molecule has 1 aromatic heterocycles. The molecular formula is C22H20FN3O2S. The number of carbonyl (C=O) groups excluding carboxylic acids is 2. The number of nitrogens with one attached hydrogen (secondary N) is 1. The first-order valence-corrected chi connectivity index (χ1v) is 9.87. The molecule has 0 spiro atoms. The Morgan fingerprint density at radius 2 is 1.83 bits per heavy atom. The highest BCUT2D eigenvalue weighted by Crippen LogP contribution is 2.29. The molecule has 0 aliphatic rings. The molecule has 1 N–H and O–H groups in total. The first-order chi connectivity index (χ1) is 13.9. The maximum Gasteiger partial charge on any atom is 0.244 e. The third kappa shape index (κ3) is 5.36. The van der Waals surface area contributed by atoms with E-state index in [1.165, 1.54) is 41.4 Å². The molecule has 29 heavy (non-hydrogen) atoms. The van der Waals surface area contributed by atoms with Gasteiger partial charge in [0, 0.05) is 18.4 Å². The Kier molecular flexibility index (Phi) is 6.51. The number of halogens is 1. The Balaban J connectivity index is 1.67. The van der Waals surface area contributed by atoms with Crippen molar-refractivity contribution in [2.75, 3.05) is 4.90 Å². The highest BCUT2D eigenvalue weighted by atomic mass is 32.1. The molecule has 2 amide bonds. The summed E-state index contributed by atoms with van der Waals surface area (Å²) in [6.07, 6.45) is 2.98. The number of hydrogen-bond donors (Lipinski definition) is 1. The van der Waals surface area contributed by atoms with Gasteiger partial charge in [-0.15, -0.1) is 11.3 Å². The number of benzene rings is 2. The molecule has 0 saturated heterocycles. The molecule has 2 aromatic carbocycles. The molecule has 3 aromatic rings. The molecule has 0 radical (unpaired) electrons. The van der Waals surface area contributed by atoms with Gasteiger partial charge in [-0.2, -0.15) is 0 Å². The van der Waals surface area contributed by atoms with Crippen LogP contribution < -0.4 is 10.2 Å². The van der Waals surface area contributed by atoms with E-state index in [1.807, 2.05) is 37.3 Å². The van der Waals surface area contributed by atoms with Crippen LogP contribution in [0.5, 0.6) is 0 Å². The lowest BCUT2D eigenvalue weighted by atomic mass is 10.1. The third-order valence-corrected chi connectivity index (χ3v) is 5.01. The van der Waals surface area contributed by atoms with Gasteiger partial charge in [0.25, 0.3) is 0 Å². The van der Waals surface area contributed by atoms with Gasteiger partial charge in [0.1, 0.15) is 5.82 Å². The Labute approximate surface area is 172 Å². The highest BCUT2D eigenvalue weighted by molar-refractivity contribution is 7.14. The summed E-state index contributed by atoms with van der Waals surface area (Å²) in [6.45, 7) is 3.30. The zero-order chi connectivity index (χ0) is 20.8. The highest BCUT2D eigenvalue weighted by Gasteiger charge is 2.17. The van der Waals surface area contributed by atoms with E-state index in [4.69, 9.17) is 0 Å². The van der Waals surface area contributed by atoms with Crippen molar-refractivity contribution in [3.63, 3.8) is 0 Å². The van der Waals surface area contributed by atoms with Crippen molar-refractivity contribution in [3.8, 4) is 0 Å². The summed E-state index contributed by atoms with van der Waals surface area (Å²) in [5, 5.41) is 5.13. The lowest BCUT2D eigenvalue weighted by Crippen LogP contribution is -2.24. The van der Waals surface area contributed by atoms with Gasteiger partial charge in [-0.25, -0.2) is 9.37 Å². The summed E-state index contributed by atoms with van der Waals surface area (Å²) in [6, 6.07) is 15.0. The molecule has 1 heterocycles. The van der Waals surface area contributed by atoms with E-state index >= 15 is 0 Å². The van der Waals surface area contributed by atoms with E-state index in [-0.39, 0.29) is 23.7 Å². The average molecular weight is 409 g/mol. The Morgan fingerprint density at radius 1 is 1.14 bits per heavy atom. The zero-order valence-corrected chi connectivity index (χ0v) is 16.8. The predicted octanol–water partition coefficient (Wildman–Crippen LogP) is 4.86. The van der Waals surface area contributed by atoms with Crippen LogP contribution in [0.2, 0.25) is 0 Å². The maximum absolute atomic E-state index is 13.0. The number of hydrogen-bond acceptors (Lipinski definition) is 4. The molecule has 0 saturated carbocycles. The van der Waals surface area contributed by atoms with Crippen LogP contribution in [0.3, 0.4) is 0 Å². The lowest BCUT2D eigenvalue weighted by Gasteiger charge is -2.17. The first kappa shape index (κ1) is 20.4. The molecule has 1 atom stereocenters. The second-order valence-electron chi connectivity index (χ2n) is 6.36. The van der Waals surface area contributed by atoms with Gasteiger partial charge in [-0.05, 0) is 42.8 Å². The number of para-hydroxylation sites is 1. The lowest BCUT2D eigenvalue weighted by molar-refractivity contribution is -0.117. The van der Waals surface area contributed by atoms with Crippen LogP contribution in [-0.2, 0) is 9.59 Å². The standard InChI is InChI=1S/C22H20FN3O2S/c1-15(17-8-10-18(23)11-9-17)24-21(28)13-12-19-14-29-22(25-19)26(16(2)27)20-6-4-3-5-7-20/h3-15H,1-2H3,(H,24,28)/b13-12+/t15-/m0/s1. The summed E-state index contributed by atoms with van der Waals surface area (Å²) in [7, 11) is 0. The van der Waals surface area contributed by atoms with Crippen molar-refractivity contribution in [1.82, 2.24) is 10.3 Å². The minimum Gasteiger partial charge on any atom is -0.346 e. The summed E-state index contributed by atoms with van der Waals surface area (Å²) < 4.78 is 13.0. The maximum atomic E-state index is 13.0. The van der Waals surface area contributed by atoms with Gasteiger partial charge < -0.3 is 5.32 Å². The van der Waals surface area contributed by atoms with Crippen LogP contribution in [0.4, 0.5) is 15.2 Å². The van der Waals surface area contributed by atoms with Gasteiger partial charge in [-0.1, -0.05) is 30.3 Å². The topological polar surface area (TPSA) is 62.3 Å². The van der Waals surface area contributed by atoms with Crippen LogP contribution >= 0.6 is 11.3 Å². The minimum atomic E-state index is -0.318. The van der Waals surface area contributed by atoms with Crippen molar-refractivity contribution in [2.24, 2.45) is 0 Å². The number of anilines is 2. The molecular weight excluding hydrogens is 389 g/mol. The molecule has 0 fully saturated rings. The van der Waals surface area contributed by atoms with E-state index < -0.39 is 0 Å². The summed E-state index contributed by atoms with van der Waals surface area (Å²) >= 11 is 1.32. The molecule has 7 heteroatoms. The number of thiazole rings is 1. The third-order valence-electron chi connectivity index (χ3n) is 4.16. The number of rotatable bonds is 6. The van der Waals surface area contributed by atoms with Crippen LogP contribution in [0, 0.1) is 5.82 Å². The second-order valence-corrected chi connectivity index (χ2v) is 7.20. The molecule has 0 unspecified atom stereocenters. The molecule has 3 rings (SSSR count). The number of nitrogens with zero attached hydrogens (tertiary/aromatic N) is 2. The molecule has 5 nitrogen and oxygen atoms in total. The van der Waals surface area contributed by atoms with Crippen molar-refractivity contribution >= 4 is 40.0 Å². The van der Waals surface area contributed by atoms with Gasteiger partial charge in [0.05, 0.1) is 17.4 Å². The van der Waals surface area contributed by atoms with E-state index in [1.54, 1.807) is 23.6 Å². The van der Waals surface area contributed by atoms with Crippen LogP contribution in [0.15, 0.2) is 66.1 Å². The summed E-state index contributed by atoms with van der Waals surface area (Å²) in [5.74, 6) is -0.753. The van der Waals surface area contributed by atoms with Gasteiger partial charge >= 0.3 is 0 Å². The van der Waals surface area contributed by atoms with Crippen molar-refractivity contribution in [3.05, 3.63) is 83.1 Å². The van der Waals surface area contributed by atoms with Gasteiger partial charge in [0.15, 0.2) is 5.13 Å². The quantitative estimate of drug-likeness (QED) is 0.592. The van der Waals surface area contributed by atoms with Crippen molar-refractivity contribution in [1.29, 1.82) is 0 Å². The van der Waals surface area contributed by atoms with E-state index in [9.17, 15) is 14.0 Å². The minimum absolute atomic E-state index is 0.146. The zero-order valence-electron chi connectivity index (χ0n) is 16.0. The van der Waals surface area contributed by atoms with Gasteiger partial charge in [0.2, 0.25) is 11.8 Å². The molecule has 0 bridgehead atoms. The average Bonchev–Trinajstić information content (AvgIpc) is 3.16. The molecule has 0 aliphatic carbocycles. The Bertz CT molecular complexity index is 1020. The Hall–Kier alpha value is -3.32. The van der Waals surface area contributed by atoms with E-state index in [2.05, 4.69) is 10.3 Å². The van der Waals surface area contributed by atoms with Crippen LogP contribution in [-0.4, -0.2) is 16.8 Å². The van der Waals surface area contributed by atoms with Crippen LogP contribution in [0.25, 0.3) is 6.08 Å². The monoisotopic (exact) mass is 409 g/mol. The second kappa shape index (κ2) is 9.25. The number of aromatic nitrogens is 1. The number of amides is 2. The summed E-state index contributed by atoms with van der Waals surface area (Å²) in [4.78, 5) is 30.2. The molecule has 0 aliphatic heterocycles. The predicted molar refractivity (Wildman–Crippen MR) is 113 cm³/mol. The largest absolute Gasteiger partial charge is 0.346 e. The smallest absolute Gasteiger partial charge is 0.244 e. The normalized spacial score (nSPS) is 12.0. The SMILES string of the molecule is CC(=O)N(c1ccccc1)c1nc(/C=C/C(=O)N[C@@H](C)c2ccc(F)cc2)cs1. The van der Waals surface area contributed by atoms with Gasteiger partial charge in [-0.3, -0.25) is 14.5 Å². The fourth-order valence-electron chi connectivity index (χ4n) is 2.72. The fraction of sp³-hybridized carbons (Fsp3) is 0.136. The van der Waals surface area contributed by atoms with E-state index in [0.717, 1.165) is 11.3 Å². The first-order valence-electron chi connectivity index (χ1n) is 8.99. The molecule has 148 valence electrons.